The average molecular weight is 439 g/mol. The molecule has 0 aliphatic carbocycles. The second-order valence-electron chi connectivity index (χ2n) is 7.17. The molecule has 4 nitrogen and oxygen atoms in total. The van der Waals surface area contributed by atoms with Crippen molar-refractivity contribution in [2.24, 2.45) is 0 Å². The molecule has 1 saturated heterocycles. The summed E-state index contributed by atoms with van der Waals surface area (Å²) in [5.41, 5.74) is 2.97. The molecule has 2 amide bonds. The van der Waals surface area contributed by atoms with Crippen LogP contribution in [0.1, 0.15) is 11.1 Å². The Morgan fingerprint density at radius 2 is 1.67 bits per heavy atom. The minimum absolute atomic E-state index is 0.130. The van der Waals surface area contributed by atoms with Gasteiger partial charge in [-0.1, -0.05) is 41.9 Å². The van der Waals surface area contributed by atoms with Gasteiger partial charge >= 0.3 is 0 Å². The van der Waals surface area contributed by atoms with Crippen LogP contribution in [0.25, 0.3) is 0 Å². The van der Waals surface area contributed by atoms with Gasteiger partial charge in [0.1, 0.15) is 5.82 Å². The highest BCUT2D eigenvalue weighted by Gasteiger charge is 2.60. The number of fused-ring (bicyclic) bond motifs is 2. The van der Waals surface area contributed by atoms with Crippen LogP contribution in [0.5, 0.6) is 0 Å². The van der Waals surface area contributed by atoms with E-state index in [1.54, 1.807) is 46.2 Å². The summed E-state index contributed by atoms with van der Waals surface area (Å²) in [4.78, 5) is 28.9. The summed E-state index contributed by atoms with van der Waals surface area (Å²) >= 11 is 7.36. The van der Waals surface area contributed by atoms with Crippen molar-refractivity contribution >= 4 is 46.6 Å². The molecule has 1 spiro atoms. The molecule has 2 heterocycles. The van der Waals surface area contributed by atoms with Gasteiger partial charge in [-0.15, -0.1) is 11.8 Å². The van der Waals surface area contributed by atoms with E-state index in [-0.39, 0.29) is 23.4 Å². The molecule has 2 aliphatic rings. The Balaban J connectivity index is 1.62. The molecule has 0 aromatic heterocycles. The number of hydrogen-bond acceptors (Lipinski definition) is 3. The van der Waals surface area contributed by atoms with Crippen molar-refractivity contribution in [2.45, 2.75) is 11.4 Å². The molecular weight excluding hydrogens is 423 g/mol. The number of benzene rings is 3. The highest BCUT2D eigenvalue weighted by Crippen LogP contribution is 2.55. The van der Waals surface area contributed by atoms with Crippen LogP contribution in [0.4, 0.5) is 15.8 Å². The first-order valence-corrected chi connectivity index (χ1v) is 10.8. The Morgan fingerprint density at radius 1 is 0.967 bits per heavy atom. The van der Waals surface area contributed by atoms with E-state index in [9.17, 15) is 14.0 Å². The number of thioether (sulfide) groups is 1. The van der Waals surface area contributed by atoms with Crippen LogP contribution in [-0.2, 0) is 21.0 Å². The minimum atomic E-state index is -1.17. The van der Waals surface area contributed by atoms with E-state index in [1.165, 1.54) is 23.9 Å². The molecule has 5 rings (SSSR count). The van der Waals surface area contributed by atoms with Crippen LogP contribution in [0, 0.1) is 5.82 Å². The number of halogens is 2. The summed E-state index contributed by atoms with van der Waals surface area (Å²) < 4.78 is 13.3. The van der Waals surface area contributed by atoms with Crippen molar-refractivity contribution in [3.63, 3.8) is 0 Å². The third-order valence-electron chi connectivity index (χ3n) is 5.40. The van der Waals surface area contributed by atoms with Gasteiger partial charge in [0.25, 0.3) is 5.91 Å². The maximum absolute atomic E-state index is 13.9. The Morgan fingerprint density at radius 3 is 2.40 bits per heavy atom. The molecule has 0 bridgehead atoms. The van der Waals surface area contributed by atoms with Crippen molar-refractivity contribution in [2.75, 3.05) is 15.6 Å². The van der Waals surface area contributed by atoms with Crippen molar-refractivity contribution in [1.82, 2.24) is 0 Å². The van der Waals surface area contributed by atoms with E-state index in [0.717, 1.165) is 16.8 Å². The number of rotatable bonds is 3. The fourth-order valence-electron chi connectivity index (χ4n) is 4.07. The fourth-order valence-corrected chi connectivity index (χ4v) is 5.56. The van der Waals surface area contributed by atoms with Crippen molar-refractivity contribution < 1.29 is 14.0 Å². The number of hydrogen-bond donors (Lipinski definition) is 0. The number of nitrogens with zero attached hydrogens (tertiary/aromatic N) is 2. The summed E-state index contributed by atoms with van der Waals surface area (Å²) in [5, 5.41) is 0.559. The van der Waals surface area contributed by atoms with Crippen molar-refractivity contribution in [3.05, 3.63) is 94.8 Å². The smallest absolute Gasteiger partial charge is 0.269 e. The maximum Gasteiger partial charge on any atom is 0.269 e. The van der Waals surface area contributed by atoms with Gasteiger partial charge in [-0.3, -0.25) is 14.5 Å². The van der Waals surface area contributed by atoms with E-state index >= 15 is 0 Å². The van der Waals surface area contributed by atoms with Crippen LogP contribution in [0.15, 0.2) is 72.8 Å². The van der Waals surface area contributed by atoms with Gasteiger partial charge in [-0.25, -0.2) is 4.39 Å². The molecule has 1 fully saturated rings. The largest absolute Gasteiger partial charge is 0.304 e. The highest BCUT2D eigenvalue weighted by atomic mass is 35.5. The zero-order valence-electron chi connectivity index (χ0n) is 15.7. The molecule has 0 saturated carbocycles. The van der Waals surface area contributed by atoms with Gasteiger partial charge in [0.2, 0.25) is 10.8 Å². The third-order valence-corrected chi connectivity index (χ3v) is 7.04. The molecule has 3 aromatic rings. The van der Waals surface area contributed by atoms with Gasteiger partial charge in [0.05, 0.1) is 18.0 Å². The predicted molar refractivity (Wildman–Crippen MR) is 117 cm³/mol. The zero-order valence-corrected chi connectivity index (χ0v) is 17.3. The van der Waals surface area contributed by atoms with Crippen molar-refractivity contribution in [1.29, 1.82) is 0 Å². The van der Waals surface area contributed by atoms with Gasteiger partial charge in [0.15, 0.2) is 0 Å². The van der Waals surface area contributed by atoms with E-state index in [4.69, 9.17) is 11.6 Å². The standard InChI is InChI=1S/C23H16ClFN2O2S/c24-16-7-11-18(12-8-16)27-21(28)14-30-23(27)19-3-1-2-4-20(19)26(22(23)29)13-15-5-9-17(25)10-6-15/h1-12H,13-14H2. The van der Waals surface area contributed by atoms with E-state index in [1.807, 2.05) is 24.3 Å². The Bertz CT molecular complexity index is 1150. The van der Waals surface area contributed by atoms with Gasteiger partial charge in [-0.2, -0.15) is 0 Å². The lowest BCUT2D eigenvalue weighted by Crippen LogP contribution is -2.49. The molecule has 7 heteroatoms. The number of carbonyl (C=O) groups excluding carboxylic acids is 2. The average Bonchev–Trinajstić information content (AvgIpc) is 3.22. The summed E-state index contributed by atoms with van der Waals surface area (Å²) in [6.45, 7) is 0.293. The molecule has 30 heavy (non-hydrogen) atoms. The minimum Gasteiger partial charge on any atom is -0.304 e. The summed E-state index contributed by atoms with van der Waals surface area (Å²) in [6.07, 6.45) is 0. The first kappa shape index (κ1) is 19.2. The summed E-state index contributed by atoms with van der Waals surface area (Å²) in [7, 11) is 0. The second-order valence-corrected chi connectivity index (χ2v) is 8.78. The number of para-hydroxylation sites is 1. The molecule has 2 aliphatic heterocycles. The van der Waals surface area contributed by atoms with Crippen LogP contribution < -0.4 is 9.80 Å². The fraction of sp³-hybridized carbons (Fsp3) is 0.130. The third kappa shape index (κ3) is 2.82. The molecule has 150 valence electrons. The van der Waals surface area contributed by atoms with Crippen molar-refractivity contribution in [3.8, 4) is 0 Å². The lowest BCUT2D eigenvalue weighted by Gasteiger charge is -2.33. The first-order valence-electron chi connectivity index (χ1n) is 9.39. The van der Waals surface area contributed by atoms with Crippen LogP contribution >= 0.6 is 23.4 Å². The maximum atomic E-state index is 13.9. The first-order chi connectivity index (χ1) is 14.5. The highest BCUT2D eigenvalue weighted by molar-refractivity contribution is 8.02. The molecule has 1 unspecified atom stereocenters. The zero-order chi connectivity index (χ0) is 20.9. The van der Waals surface area contributed by atoms with E-state index < -0.39 is 4.87 Å². The number of amides is 2. The molecular formula is C23H16ClFN2O2S. The van der Waals surface area contributed by atoms with Gasteiger partial charge in [0, 0.05) is 16.3 Å². The predicted octanol–water partition coefficient (Wildman–Crippen LogP) is 4.96. The van der Waals surface area contributed by atoms with Gasteiger partial charge < -0.3 is 4.90 Å². The molecule has 0 radical (unpaired) electrons. The van der Waals surface area contributed by atoms with Gasteiger partial charge in [-0.05, 0) is 48.0 Å². The summed E-state index contributed by atoms with van der Waals surface area (Å²) in [5.74, 6) is -0.435. The Kier molecular flexibility index (Phi) is 4.56. The van der Waals surface area contributed by atoms with Crippen LogP contribution in [-0.4, -0.2) is 17.6 Å². The lowest BCUT2D eigenvalue weighted by atomic mass is 10.0. The van der Waals surface area contributed by atoms with Crippen LogP contribution in [0.3, 0.4) is 0 Å². The summed E-state index contributed by atoms with van der Waals surface area (Å²) in [6, 6.07) is 20.6. The molecule has 1 atom stereocenters. The SMILES string of the molecule is O=C1CSC2(C(=O)N(Cc3ccc(F)cc3)c3ccccc32)N1c1ccc(Cl)cc1. The topological polar surface area (TPSA) is 40.6 Å². The Hall–Kier alpha value is -2.83. The number of carbonyl (C=O) groups is 2. The second kappa shape index (κ2) is 7.15. The molecule has 0 N–H and O–H groups in total. The normalized spacial score (nSPS) is 20.3. The monoisotopic (exact) mass is 438 g/mol. The Labute approximate surface area is 182 Å². The van der Waals surface area contributed by atoms with E-state index in [2.05, 4.69) is 0 Å². The number of anilines is 2. The lowest BCUT2D eigenvalue weighted by molar-refractivity contribution is -0.123. The van der Waals surface area contributed by atoms with E-state index in [0.29, 0.717) is 17.3 Å². The quantitative estimate of drug-likeness (QED) is 0.580. The van der Waals surface area contributed by atoms with Crippen LogP contribution in [0.2, 0.25) is 5.02 Å². The molecule has 3 aromatic carbocycles.